The lowest BCUT2D eigenvalue weighted by Crippen LogP contribution is -2.24. The molecule has 0 aliphatic heterocycles. The maximum absolute atomic E-state index is 12.9. The van der Waals surface area contributed by atoms with Crippen molar-refractivity contribution in [2.45, 2.75) is 20.4 Å². The summed E-state index contributed by atoms with van der Waals surface area (Å²) in [6, 6.07) is 19.5. The molecule has 2 aromatic carbocycles. The number of hydrogen-bond acceptors (Lipinski definition) is 4. The van der Waals surface area contributed by atoms with Crippen LogP contribution in [0.15, 0.2) is 73.1 Å². The van der Waals surface area contributed by atoms with Gasteiger partial charge in [0, 0.05) is 24.5 Å². The van der Waals surface area contributed by atoms with Crippen molar-refractivity contribution in [3.63, 3.8) is 0 Å². The summed E-state index contributed by atoms with van der Waals surface area (Å²) in [5.41, 5.74) is 5.87. The van der Waals surface area contributed by atoms with Gasteiger partial charge in [0.15, 0.2) is 5.69 Å². The standard InChI is InChI=1S/C23H21N5O/c1-16-10-11-20(13-17(16)2)28-22(19-9-6-12-24-15-19)21(26-27-28)23(29)25-14-18-7-4-3-5-8-18/h3-13,15H,14H2,1-2H3,(H,25,29). The lowest BCUT2D eigenvalue weighted by atomic mass is 10.1. The number of rotatable bonds is 5. The first-order valence-electron chi connectivity index (χ1n) is 9.39. The van der Waals surface area contributed by atoms with Crippen LogP contribution in [-0.2, 0) is 6.54 Å². The van der Waals surface area contributed by atoms with Crippen molar-refractivity contribution in [2.75, 3.05) is 0 Å². The van der Waals surface area contributed by atoms with Crippen LogP contribution in [0, 0.1) is 13.8 Å². The number of amides is 1. The van der Waals surface area contributed by atoms with Gasteiger partial charge in [0.1, 0.15) is 5.69 Å². The molecule has 1 N–H and O–H groups in total. The van der Waals surface area contributed by atoms with Crippen molar-refractivity contribution in [1.82, 2.24) is 25.3 Å². The third-order valence-electron chi connectivity index (χ3n) is 4.85. The van der Waals surface area contributed by atoms with Gasteiger partial charge in [0.25, 0.3) is 5.91 Å². The highest BCUT2D eigenvalue weighted by Crippen LogP contribution is 2.25. The normalized spacial score (nSPS) is 10.7. The van der Waals surface area contributed by atoms with E-state index in [1.54, 1.807) is 17.1 Å². The predicted octanol–water partition coefficient (Wildman–Crippen LogP) is 3.88. The third-order valence-corrected chi connectivity index (χ3v) is 4.85. The van der Waals surface area contributed by atoms with Gasteiger partial charge in [-0.25, -0.2) is 4.68 Å². The lowest BCUT2D eigenvalue weighted by Gasteiger charge is -2.10. The van der Waals surface area contributed by atoms with Crippen molar-refractivity contribution in [1.29, 1.82) is 0 Å². The second-order valence-corrected chi connectivity index (χ2v) is 6.88. The second-order valence-electron chi connectivity index (χ2n) is 6.88. The van der Waals surface area contributed by atoms with Crippen LogP contribution in [-0.4, -0.2) is 25.9 Å². The molecule has 144 valence electrons. The molecule has 0 atom stereocenters. The van der Waals surface area contributed by atoms with E-state index < -0.39 is 0 Å². The summed E-state index contributed by atoms with van der Waals surface area (Å²) in [6.45, 7) is 4.53. The Hall–Kier alpha value is -3.80. The molecule has 6 heteroatoms. The van der Waals surface area contributed by atoms with Crippen molar-refractivity contribution < 1.29 is 4.79 Å². The average Bonchev–Trinajstić information content (AvgIpc) is 3.20. The Balaban J connectivity index is 1.73. The first kappa shape index (κ1) is 18.6. The third kappa shape index (κ3) is 3.91. The van der Waals surface area contributed by atoms with Crippen molar-refractivity contribution in [3.05, 3.63) is 95.4 Å². The van der Waals surface area contributed by atoms with Crippen molar-refractivity contribution in [3.8, 4) is 16.9 Å². The van der Waals surface area contributed by atoms with Gasteiger partial charge in [-0.3, -0.25) is 9.78 Å². The minimum absolute atomic E-state index is 0.271. The Morgan fingerprint density at radius 3 is 2.55 bits per heavy atom. The molecule has 1 amide bonds. The Kier molecular flexibility index (Phi) is 5.16. The minimum Gasteiger partial charge on any atom is -0.346 e. The topological polar surface area (TPSA) is 72.7 Å². The fourth-order valence-electron chi connectivity index (χ4n) is 3.10. The van der Waals surface area contributed by atoms with Crippen molar-refractivity contribution >= 4 is 5.91 Å². The van der Waals surface area contributed by atoms with E-state index >= 15 is 0 Å². The van der Waals surface area contributed by atoms with E-state index in [-0.39, 0.29) is 11.6 Å². The summed E-state index contributed by atoms with van der Waals surface area (Å²) in [5, 5.41) is 11.4. The molecular weight excluding hydrogens is 362 g/mol. The van der Waals surface area contributed by atoms with Gasteiger partial charge in [0.05, 0.1) is 5.69 Å². The summed E-state index contributed by atoms with van der Waals surface area (Å²) in [5.74, 6) is -0.275. The number of pyridine rings is 1. The SMILES string of the molecule is Cc1ccc(-n2nnc(C(=O)NCc3ccccc3)c2-c2cccnc2)cc1C. The van der Waals surface area contributed by atoms with E-state index in [0.29, 0.717) is 12.2 Å². The van der Waals surface area contributed by atoms with E-state index in [1.165, 1.54) is 5.56 Å². The number of aryl methyl sites for hydroxylation is 2. The maximum Gasteiger partial charge on any atom is 0.274 e. The Labute approximate surface area is 169 Å². The van der Waals surface area contributed by atoms with Gasteiger partial charge >= 0.3 is 0 Å². The Bertz CT molecular complexity index is 1140. The summed E-state index contributed by atoms with van der Waals surface area (Å²) in [7, 11) is 0. The van der Waals surface area contributed by atoms with E-state index in [9.17, 15) is 4.79 Å². The zero-order chi connectivity index (χ0) is 20.2. The van der Waals surface area contributed by atoms with Crippen LogP contribution in [0.25, 0.3) is 16.9 Å². The van der Waals surface area contributed by atoms with Gasteiger partial charge < -0.3 is 5.32 Å². The van der Waals surface area contributed by atoms with E-state index in [4.69, 9.17) is 0 Å². The zero-order valence-electron chi connectivity index (χ0n) is 16.3. The average molecular weight is 383 g/mol. The van der Waals surface area contributed by atoms with E-state index in [1.807, 2.05) is 67.6 Å². The maximum atomic E-state index is 12.9. The van der Waals surface area contributed by atoms with Gasteiger partial charge in [-0.15, -0.1) is 5.10 Å². The molecule has 4 rings (SSSR count). The fraction of sp³-hybridized carbons (Fsp3) is 0.130. The molecule has 2 heterocycles. The lowest BCUT2D eigenvalue weighted by molar-refractivity contribution is 0.0946. The van der Waals surface area contributed by atoms with Crippen LogP contribution < -0.4 is 5.32 Å². The van der Waals surface area contributed by atoms with Crippen LogP contribution in [0.4, 0.5) is 0 Å². The van der Waals surface area contributed by atoms with Crippen LogP contribution in [0.5, 0.6) is 0 Å². The predicted molar refractivity (Wildman–Crippen MR) is 112 cm³/mol. The molecule has 0 spiro atoms. The number of benzene rings is 2. The van der Waals surface area contributed by atoms with Gasteiger partial charge in [-0.2, -0.15) is 0 Å². The smallest absolute Gasteiger partial charge is 0.274 e. The van der Waals surface area contributed by atoms with Gasteiger partial charge in [-0.1, -0.05) is 41.6 Å². The molecule has 0 aliphatic rings. The fourth-order valence-corrected chi connectivity index (χ4v) is 3.10. The van der Waals surface area contributed by atoms with Crippen LogP contribution in [0.3, 0.4) is 0 Å². The van der Waals surface area contributed by atoms with Crippen LogP contribution >= 0.6 is 0 Å². The molecule has 0 saturated carbocycles. The largest absolute Gasteiger partial charge is 0.346 e. The molecule has 6 nitrogen and oxygen atoms in total. The second kappa shape index (κ2) is 8.06. The molecule has 0 fully saturated rings. The minimum atomic E-state index is -0.275. The molecular formula is C23H21N5O. The van der Waals surface area contributed by atoms with Crippen LogP contribution in [0.2, 0.25) is 0 Å². The summed E-state index contributed by atoms with van der Waals surface area (Å²) in [4.78, 5) is 17.1. The molecule has 0 unspecified atom stereocenters. The summed E-state index contributed by atoms with van der Waals surface area (Å²) >= 11 is 0. The number of carbonyl (C=O) groups is 1. The number of aromatic nitrogens is 4. The van der Waals surface area contributed by atoms with Gasteiger partial charge in [0.2, 0.25) is 0 Å². The first-order valence-corrected chi connectivity index (χ1v) is 9.39. The van der Waals surface area contributed by atoms with Crippen molar-refractivity contribution in [2.24, 2.45) is 0 Å². The van der Waals surface area contributed by atoms with Gasteiger partial charge in [-0.05, 0) is 54.8 Å². The molecule has 4 aromatic rings. The Morgan fingerprint density at radius 2 is 1.83 bits per heavy atom. The quantitative estimate of drug-likeness (QED) is 0.568. The summed E-state index contributed by atoms with van der Waals surface area (Å²) < 4.78 is 1.70. The van der Waals surface area contributed by atoms with E-state index in [2.05, 4.69) is 27.5 Å². The highest BCUT2D eigenvalue weighted by atomic mass is 16.2. The number of carbonyl (C=O) groups excluding carboxylic acids is 1. The zero-order valence-corrected chi connectivity index (χ0v) is 16.3. The summed E-state index contributed by atoms with van der Waals surface area (Å²) in [6.07, 6.45) is 3.41. The molecule has 29 heavy (non-hydrogen) atoms. The Morgan fingerprint density at radius 1 is 1.00 bits per heavy atom. The molecule has 2 aromatic heterocycles. The van der Waals surface area contributed by atoms with E-state index in [0.717, 1.165) is 22.4 Å². The monoisotopic (exact) mass is 383 g/mol. The number of nitrogens with zero attached hydrogens (tertiary/aromatic N) is 4. The number of hydrogen-bond donors (Lipinski definition) is 1. The molecule has 0 aliphatic carbocycles. The molecule has 0 bridgehead atoms. The first-order chi connectivity index (χ1) is 14.1. The molecule has 0 saturated heterocycles. The van der Waals surface area contributed by atoms with Crippen LogP contribution in [0.1, 0.15) is 27.2 Å². The highest BCUT2D eigenvalue weighted by molar-refractivity contribution is 5.98. The number of nitrogens with one attached hydrogen (secondary N) is 1. The molecule has 0 radical (unpaired) electrons. The highest BCUT2D eigenvalue weighted by Gasteiger charge is 2.22.